The second kappa shape index (κ2) is 4.43. The molecule has 3 nitrogen and oxygen atoms in total. The van der Waals surface area contributed by atoms with Crippen LogP contribution >= 0.6 is 0 Å². The van der Waals surface area contributed by atoms with E-state index in [9.17, 15) is 14.0 Å². The number of hydrogen-bond acceptors (Lipinski definition) is 2. The number of halogens is 1. The van der Waals surface area contributed by atoms with Gasteiger partial charge in [0.05, 0.1) is 0 Å². The van der Waals surface area contributed by atoms with Crippen LogP contribution in [0, 0.1) is 11.7 Å². The molecule has 1 atom stereocenters. The van der Waals surface area contributed by atoms with E-state index in [1.807, 2.05) is 0 Å². The van der Waals surface area contributed by atoms with Gasteiger partial charge in [-0.15, -0.1) is 0 Å². The van der Waals surface area contributed by atoms with Gasteiger partial charge in [0, 0.05) is 12.3 Å². The molecule has 1 aliphatic heterocycles. The smallest absolute Gasteiger partial charge is 0.230 e. The van der Waals surface area contributed by atoms with Gasteiger partial charge in [0.1, 0.15) is 5.82 Å². The Morgan fingerprint density at radius 2 is 1.94 bits per heavy atom. The summed E-state index contributed by atoms with van der Waals surface area (Å²) in [5.41, 5.74) is 0.913. The van der Waals surface area contributed by atoms with E-state index >= 15 is 0 Å². The summed E-state index contributed by atoms with van der Waals surface area (Å²) in [4.78, 5) is 22.4. The molecule has 1 saturated heterocycles. The van der Waals surface area contributed by atoms with E-state index in [1.165, 1.54) is 12.1 Å². The lowest BCUT2D eigenvalue weighted by atomic mass is 9.91. The summed E-state index contributed by atoms with van der Waals surface area (Å²) in [6.07, 6.45) is 1.51. The predicted molar refractivity (Wildman–Crippen MR) is 56.0 cm³/mol. The Morgan fingerprint density at radius 1 is 1.25 bits per heavy atom. The molecule has 2 rings (SSSR count). The molecular weight excluding hydrogens is 209 g/mol. The van der Waals surface area contributed by atoms with Crippen molar-refractivity contribution in [3.05, 3.63) is 35.6 Å². The van der Waals surface area contributed by atoms with Crippen LogP contribution in [-0.4, -0.2) is 11.8 Å². The Labute approximate surface area is 92.7 Å². The summed E-state index contributed by atoms with van der Waals surface area (Å²) in [6, 6.07) is 6.08. The number of carbonyl (C=O) groups is 2. The number of nitrogens with one attached hydrogen (secondary N) is 1. The predicted octanol–water partition coefficient (Wildman–Crippen LogP) is 1.42. The summed E-state index contributed by atoms with van der Waals surface area (Å²) in [5, 5.41) is 2.31. The molecule has 0 aliphatic carbocycles. The lowest BCUT2D eigenvalue weighted by Crippen LogP contribution is -2.41. The third-order valence-corrected chi connectivity index (χ3v) is 2.75. The summed E-state index contributed by atoms with van der Waals surface area (Å²) >= 11 is 0. The molecule has 1 fully saturated rings. The highest BCUT2D eigenvalue weighted by molar-refractivity contribution is 5.98. The van der Waals surface area contributed by atoms with Crippen molar-refractivity contribution in [2.75, 3.05) is 0 Å². The fourth-order valence-corrected chi connectivity index (χ4v) is 1.84. The highest BCUT2D eigenvalue weighted by Crippen LogP contribution is 2.18. The van der Waals surface area contributed by atoms with Crippen molar-refractivity contribution in [3.8, 4) is 0 Å². The zero-order valence-electron chi connectivity index (χ0n) is 8.70. The summed E-state index contributed by atoms with van der Waals surface area (Å²) in [5.74, 6) is -0.892. The van der Waals surface area contributed by atoms with Crippen LogP contribution < -0.4 is 5.32 Å². The van der Waals surface area contributed by atoms with Gasteiger partial charge in [0.15, 0.2) is 0 Å². The van der Waals surface area contributed by atoms with Crippen molar-refractivity contribution in [3.63, 3.8) is 0 Å². The van der Waals surface area contributed by atoms with Crippen molar-refractivity contribution < 1.29 is 14.0 Å². The molecule has 2 amide bonds. The maximum absolute atomic E-state index is 12.7. The molecule has 0 spiro atoms. The standard InChI is InChI=1S/C12H12FNO2/c13-10-4-1-8(2-5-10)7-9-3-6-11(15)14-12(9)16/h1-2,4-5,9H,3,6-7H2,(H,14,15,16). The lowest BCUT2D eigenvalue weighted by molar-refractivity contribution is -0.136. The largest absolute Gasteiger partial charge is 0.296 e. The maximum atomic E-state index is 12.7. The van der Waals surface area contributed by atoms with Gasteiger partial charge in [-0.05, 0) is 30.5 Å². The Balaban J connectivity index is 2.02. The highest BCUT2D eigenvalue weighted by Gasteiger charge is 2.26. The minimum Gasteiger partial charge on any atom is -0.296 e. The maximum Gasteiger partial charge on any atom is 0.230 e. The van der Waals surface area contributed by atoms with Gasteiger partial charge in [-0.3, -0.25) is 14.9 Å². The SMILES string of the molecule is O=C1CCC(Cc2ccc(F)cc2)C(=O)N1. The van der Waals surface area contributed by atoms with Crippen LogP contribution in [0.2, 0.25) is 0 Å². The van der Waals surface area contributed by atoms with Crippen LogP contribution in [0.5, 0.6) is 0 Å². The monoisotopic (exact) mass is 221 g/mol. The van der Waals surface area contributed by atoms with Crippen LogP contribution in [0.4, 0.5) is 4.39 Å². The number of carbonyl (C=O) groups excluding carboxylic acids is 2. The van der Waals surface area contributed by atoms with Crippen LogP contribution in [0.15, 0.2) is 24.3 Å². The zero-order valence-corrected chi connectivity index (χ0v) is 8.70. The second-order valence-corrected chi connectivity index (χ2v) is 3.98. The normalized spacial score (nSPS) is 20.7. The Morgan fingerprint density at radius 3 is 2.56 bits per heavy atom. The first-order valence-corrected chi connectivity index (χ1v) is 5.23. The van der Waals surface area contributed by atoms with Crippen molar-refractivity contribution in [1.82, 2.24) is 5.32 Å². The van der Waals surface area contributed by atoms with E-state index in [4.69, 9.17) is 0 Å². The zero-order chi connectivity index (χ0) is 11.5. The van der Waals surface area contributed by atoms with E-state index < -0.39 is 0 Å². The average Bonchev–Trinajstić information content (AvgIpc) is 2.25. The summed E-state index contributed by atoms with van der Waals surface area (Å²) in [7, 11) is 0. The molecule has 0 aromatic heterocycles. The number of imide groups is 1. The molecule has 1 heterocycles. The first-order chi connectivity index (χ1) is 7.65. The van der Waals surface area contributed by atoms with E-state index in [0.29, 0.717) is 19.3 Å². The lowest BCUT2D eigenvalue weighted by Gasteiger charge is -2.20. The van der Waals surface area contributed by atoms with Crippen molar-refractivity contribution in [1.29, 1.82) is 0 Å². The van der Waals surface area contributed by atoms with Crippen molar-refractivity contribution in [2.45, 2.75) is 19.3 Å². The molecule has 1 aliphatic rings. The molecule has 0 bridgehead atoms. The molecule has 1 aromatic rings. The molecule has 1 N–H and O–H groups in total. The van der Waals surface area contributed by atoms with E-state index in [-0.39, 0.29) is 23.5 Å². The van der Waals surface area contributed by atoms with Gasteiger partial charge >= 0.3 is 0 Å². The van der Waals surface area contributed by atoms with Crippen LogP contribution in [0.3, 0.4) is 0 Å². The molecular formula is C12H12FNO2. The summed E-state index contributed by atoms with van der Waals surface area (Å²) in [6.45, 7) is 0. The molecule has 16 heavy (non-hydrogen) atoms. The van der Waals surface area contributed by atoms with Gasteiger partial charge in [-0.25, -0.2) is 4.39 Å². The highest BCUT2D eigenvalue weighted by atomic mass is 19.1. The van der Waals surface area contributed by atoms with Gasteiger partial charge in [-0.2, -0.15) is 0 Å². The Bertz CT molecular complexity index is 414. The molecule has 84 valence electrons. The Hall–Kier alpha value is -1.71. The van der Waals surface area contributed by atoms with Gasteiger partial charge in [0.2, 0.25) is 11.8 Å². The molecule has 0 saturated carbocycles. The molecule has 1 unspecified atom stereocenters. The first kappa shape index (κ1) is 10.8. The second-order valence-electron chi connectivity index (χ2n) is 3.98. The molecule has 1 aromatic carbocycles. The number of amides is 2. The minimum absolute atomic E-state index is 0.178. The van der Waals surface area contributed by atoms with E-state index in [0.717, 1.165) is 5.56 Å². The van der Waals surface area contributed by atoms with Crippen molar-refractivity contribution >= 4 is 11.8 Å². The van der Waals surface area contributed by atoms with E-state index in [1.54, 1.807) is 12.1 Å². The number of piperidine rings is 1. The van der Waals surface area contributed by atoms with Gasteiger partial charge in [0.25, 0.3) is 0 Å². The third-order valence-electron chi connectivity index (χ3n) is 2.75. The summed E-state index contributed by atoms with van der Waals surface area (Å²) < 4.78 is 12.7. The number of rotatable bonds is 2. The van der Waals surface area contributed by atoms with Crippen LogP contribution in [0.1, 0.15) is 18.4 Å². The van der Waals surface area contributed by atoms with Crippen LogP contribution in [0.25, 0.3) is 0 Å². The van der Waals surface area contributed by atoms with Crippen molar-refractivity contribution in [2.24, 2.45) is 5.92 Å². The quantitative estimate of drug-likeness (QED) is 0.768. The third kappa shape index (κ3) is 2.45. The minimum atomic E-state index is -0.285. The fourth-order valence-electron chi connectivity index (χ4n) is 1.84. The Kier molecular flexibility index (Phi) is 2.99. The molecule has 4 heteroatoms. The topological polar surface area (TPSA) is 46.2 Å². The van der Waals surface area contributed by atoms with E-state index in [2.05, 4.69) is 5.32 Å². The first-order valence-electron chi connectivity index (χ1n) is 5.23. The van der Waals surface area contributed by atoms with Gasteiger partial charge < -0.3 is 0 Å². The average molecular weight is 221 g/mol. The number of benzene rings is 1. The molecule has 0 radical (unpaired) electrons. The van der Waals surface area contributed by atoms with Crippen LogP contribution in [-0.2, 0) is 16.0 Å². The van der Waals surface area contributed by atoms with Gasteiger partial charge in [-0.1, -0.05) is 12.1 Å². The number of hydrogen-bond donors (Lipinski definition) is 1. The fraction of sp³-hybridized carbons (Fsp3) is 0.333.